The number of nitrogens with one attached hydrogen (secondary N) is 1. The Kier molecular flexibility index (Phi) is 5.47. The fourth-order valence-electron chi connectivity index (χ4n) is 1.32. The van der Waals surface area contributed by atoms with Gasteiger partial charge in [0, 0.05) is 12.6 Å². The van der Waals surface area contributed by atoms with Gasteiger partial charge >= 0.3 is 5.97 Å². The molecule has 0 saturated heterocycles. The Hall–Kier alpha value is -2.43. The van der Waals surface area contributed by atoms with E-state index in [9.17, 15) is 14.4 Å². The van der Waals surface area contributed by atoms with E-state index in [0.29, 0.717) is 5.69 Å². The van der Waals surface area contributed by atoms with Crippen LogP contribution in [0.5, 0.6) is 0 Å². The molecule has 5 heteroatoms. The highest BCUT2D eigenvalue weighted by Crippen LogP contribution is 2.10. The van der Waals surface area contributed by atoms with E-state index in [1.165, 1.54) is 13.0 Å². The highest BCUT2D eigenvalue weighted by molar-refractivity contribution is 6.39. The molecule has 1 aromatic carbocycles. The number of ether oxygens (including phenoxy) is 1. The number of rotatable bonds is 5. The number of amides is 1. The summed E-state index contributed by atoms with van der Waals surface area (Å²) in [4.78, 5) is 33.2. The van der Waals surface area contributed by atoms with Crippen molar-refractivity contribution >= 4 is 29.4 Å². The maximum absolute atomic E-state index is 11.3. The third-order valence-corrected chi connectivity index (χ3v) is 2.13. The van der Waals surface area contributed by atoms with Gasteiger partial charge in [-0.05, 0) is 30.7 Å². The molecule has 1 amide bonds. The lowest BCUT2D eigenvalue weighted by Crippen LogP contribution is -2.14. The number of anilines is 1. The third kappa shape index (κ3) is 5.16. The molecule has 1 rings (SSSR count). The zero-order valence-corrected chi connectivity index (χ0v) is 10.8. The fraction of sp³-hybridized carbons (Fsp3) is 0.214. The minimum Gasteiger partial charge on any atom is -0.460 e. The fourth-order valence-corrected chi connectivity index (χ4v) is 1.32. The molecular weight excluding hydrogens is 246 g/mol. The smallest absolute Gasteiger partial charge is 0.379 e. The van der Waals surface area contributed by atoms with Gasteiger partial charge in [-0.3, -0.25) is 9.59 Å². The summed E-state index contributed by atoms with van der Waals surface area (Å²) < 4.78 is 4.57. The molecule has 100 valence electrons. The third-order valence-electron chi connectivity index (χ3n) is 2.13. The lowest BCUT2D eigenvalue weighted by Gasteiger charge is -2.01. The second kappa shape index (κ2) is 7.10. The van der Waals surface area contributed by atoms with Crippen molar-refractivity contribution in [3.05, 3.63) is 35.9 Å². The van der Waals surface area contributed by atoms with E-state index in [-0.39, 0.29) is 12.5 Å². The van der Waals surface area contributed by atoms with E-state index in [0.717, 1.165) is 11.6 Å². The van der Waals surface area contributed by atoms with Gasteiger partial charge in [0.2, 0.25) is 5.91 Å². The van der Waals surface area contributed by atoms with Gasteiger partial charge in [0.1, 0.15) is 0 Å². The highest BCUT2D eigenvalue weighted by atomic mass is 16.5. The Labute approximate surface area is 111 Å². The first-order valence-electron chi connectivity index (χ1n) is 5.79. The minimum atomic E-state index is -0.867. The number of hydrogen-bond donors (Lipinski definition) is 1. The van der Waals surface area contributed by atoms with Gasteiger partial charge in [-0.15, -0.1) is 0 Å². The first-order chi connectivity index (χ1) is 9.02. The average Bonchev–Trinajstić information content (AvgIpc) is 2.37. The molecule has 5 nitrogen and oxygen atoms in total. The molecule has 19 heavy (non-hydrogen) atoms. The summed E-state index contributed by atoms with van der Waals surface area (Å²) in [5.74, 6) is -1.72. The molecule has 0 heterocycles. The topological polar surface area (TPSA) is 72.5 Å². The van der Waals surface area contributed by atoms with Gasteiger partial charge in [0.15, 0.2) is 0 Å². The summed E-state index contributed by atoms with van der Waals surface area (Å²) in [5.41, 5.74) is 1.41. The second-order valence-electron chi connectivity index (χ2n) is 3.72. The van der Waals surface area contributed by atoms with Crippen LogP contribution in [0.4, 0.5) is 5.69 Å². The van der Waals surface area contributed by atoms with Crippen LogP contribution in [-0.4, -0.2) is 24.3 Å². The lowest BCUT2D eigenvalue weighted by molar-refractivity contribution is -0.151. The molecule has 0 bridgehead atoms. The quantitative estimate of drug-likeness (QED) is 0.498. The van der Waals surface area contributed by atoms with Crippen molar-refractivity contribution in [2.24, 2.45) is 0 Å². The van der Waals surface area contributed by atoms with Gasteiger partial charge in [-0.2, -0.15) is 0 Å². The zero-order valence-electron chi connectivity index (χ0n) is 10.8. The number of carbonyl (C=O) groups is 3. The molecule has 0 aromatic heterocycles. The largest absolute Gasteiger partial charge is 0.460 e. The summed E-state index contributed by atoms with van der Waals surface area (Å²) in [6, 6.07) is 6.85. The Bertz CT molecular complexity index is 503. The van der Waals surface area contributed by atoms with E-state index in [2.05, 4.69) is 10.1 Å². The van der Waals surface area contributed by atoms with Gasteiger partial charge in [-0.25, -0.2) is 4.79 Å². The van der Waals surface area contributed by atoms with Crippen LogP contribution in [0, 0.1) is 0 Å². The van der Waals surface area contributed by atoms with Crippen LogP contribution >= 0.6 is 0 Å². The minimum absolute atomic E-state index is 0.152. The Morgan fingerprint density at radius 1 is 1.21 bits per heavy atom. The molecule has 0 aliphatic rings. The van der Waals surface area contributed by atoms with Crippen molar-refractivity contribution in [1.29, 1.82) is 0 Å². The zero-order chi connectivity index (χ0) is 14.3. The Morgan fingerprint density at radius 3 is 2.37 bits per heavy atom. The van der Waals surface area contributed by atoms with E-state index >= 15 is 0 Å². The summed E-state index contributed by atoms with van der Waals surface area (Å²) in [5, 5.41) is 2.63. The summed E-state index contributed by atoms with van der Waals surface area (Å²) in [7, 11) is 0. The van der Waals surface area contributed by atoms with Crippen LogP contribution < -0.4 is 5.32 Å². The predicted molar refractivity (Wildman–Crippen MR) is 71.4 cm³/mol. The van der Waals surface area contributed by atoms with E-state index in [1.54, 1.807) is 31.2 Å². The van der Waals surface area contributed by atoms with Crippen molar-refractivity contribution in [2.75, 3.05) is 11.9 Å². The number of carbonyl (C=O) groups excluding carboxylic acids is 3. The predicted octanol–water partition coefficient (Wildman–Crippen LogP) is 1.79. The monoisotopic (exact) mass is 261 g/mol. The van der Waals surface area contributed by atoms with Crippen LogP contribution in [0.25, 0.3) is 6.08 Å². The van der Waals surface area contributed by atoms with Crippen molar-refractivity contribution in [3.8, 4) is 0 Å². The number of esters is 1. The lowest BCUT2D eigenvalue weighted by atomic mass is 10.2. The average molecular weight is 261 g/mol. The number of ketones is 1. The molecule has 0 unspecified atom stereocenters. The van der Waals surface area contributed by atoms with Crippen LogP contribution in [0.1, 0.15) is 19.4 Å². The van der Waals surface area contributed by atoms with E-state index in [1.807, 2.05) is 0 Å². The van der Waals surface area contributed by atoms with E-state index in [4.69, 9.17) is 0 Å². The number of benzene rings is 1. The SMILES string of the molecule is CCOC(=O)C(=O)/C=C/c1ccc(NC(C)=O)cc1. The Morgan fingerprint density at radius 2 is 1.84 bits per heavy atom. The normalized spacial score (nSPS) is 10.2. The van der Waals surface area contributed by atoms with Crippen molar-refractivity contribution in [1.82, 2.24) is 0 Å². The summed E-state index contributed by atoms with van der Waals surface area (Å²) in [6.45, 7) is 3.23. The second-order valence-corrected chi connectivity index (χ2v) is 3.72. The molecule has 0 fully saturated rings. The molecule has 0 radical (unpaired) electrons. The molecule has 1 aromatic rings. The van der Waals surface area contributed by atoms with Gasteiger partial charge < -0.3 is 10.1 Å². The molecular formula is C14H15NO4. The van der Waals surface area contributed by atoms with E-state index < -0.39 is 11.8 Å². The molecule has 1 N–H and O–H groups in total. The van der Waals surface area contributed by atoms with Crippen LogP contribution in [0.3, 0.4) is 0 Å². The molecule has 0 saturated carbocycles. The molecule has 0 spiro atoms. The van der Waals surface area contributed by atoms with Gasteiger partial charge in [-0.1, -0.05) is 18.2 Å². The maximum Gasteiger partial charge on any atom is 0.379 e. The van der Waals surface area contributed by atoms with Crippen molar-refractivity contribution in [2.45, 2.75) is 13.8 Å². The van der Waals surface area contributed by atoms with Crippen molar-refractivity contribution < 1.29 is 19.1 Å². The molecule has 0 aliphatic heterocycles. The standard InChI is InChI=1S/C14H15NO4/c1-3-19-14(18)13(17)9-6-11-4-7-12(8-5-11)15-10(2)16/h4-9H,3H2,1-2H3,(H,15,16)/b9-6+. The first kappa shape index (κ1) is 14.6. The Balaban J connectivity index is 2.64. The maximum atomic E-state index is 11.3. The van der Waals surface area contributed by atoms with Crippen LogP contribution in [0.2, 0.25) is 0 Å². The van der Waals surface area contributed by atoms with Gasteiger partial charge in [0.25, 0.3) is 5.78 Å². The summed E-state index contributed by atoms with van der Waals surface area (Å²) >= 11 is 0. The summed E-state index contributed by atoms with van der Waals surface area (Å²) in [6.07, 6.45) is 2.67. The van der Waals surface area contributed by atoms with Crippen LogP contribution in [-0.2, 0) is 19.1 Å². The van der Waals surface area contributed by atoms with Crippen molar-refractivity contribution in [3.63, 3.8) is 0 Å². The number of hydrogen-bond acceptors (Lipinski definition) is 4. The first-order valence-corrected chi connectivity index (χ1v) is 5.79. The molecule has 0 aliphatic carbocycles. The van der Waals surface area contributed by atoms with Gasteiger partial charge in [0.05, 0.1) is 6.61 Å². The molecule has 0 atom stereocenters. The highest BCUT2D eigenvalue weighted by Gasteiger charge is 2.09. The van der Waals surface area contributed by atoms with Crippen LogP contribution in [0.15, 0.2) is 30.3 Å².